The third kappa shape index (κ3) is 73.5. The maximum absolute atomic E-state index is 13.1. The second-order valence-electron chi connectivity index (χ2n) is 26.3. The van der Waals surface area contributed by atoms with Crippen molar-refractivity contribution in [1.29, 1.82) is 0 Å². The minimum absolute atomic E-state index is 0.0464. The van der Waals surface area contributed by atoms with Crippen LogP contribution in [0.25, 0.3) is 0 Å². The highest BCUT2D eigenvalue weighted by Gasteiger charge is 2.28. The summed E-state index contributed by atoms with van der Waals surface area (Å²) in [5.74, 6) is -0.201. The number of hydrogen-bond acceptors (Lipinski definition) is 5. The zero-order valence-electron chi connectivity index (χ0n) is 60.2. The zero-order chi connectivity index (χ0) is 66.9. The third-order valence-corrected chi connectivity index (χ3v) is 17.2. The van der Waals surface area contributed by atoms with E-state index in [1.165, 1.54) is 167 Å². The van der Waals surface area contributed by atoms with Gasteiger partial charge in [0.2, 0.25) is 5.91 Å². The van der Waals surface area contributed by atoms with E-state index in [1.807, 2.05) is 27.2 Å². The molecular weight excluding hydrogens is 1150 g/mol. The number of aliphatic hydroxyl groups is 1. The van der Waals surface area contributed by atoms with Gasteiger partial charge >= 0.3 is 7.82 Å². The van der Waals surface area contributed by atoms with Gasteiger partial charge < -0.3 is 19.8 Å². The largest absolute Gasteiger partial charge is 0.472 e. The molecule has 0 radical (unpaired) electrons. The first-order valence-corrected chi connectivity index (χ1v) is 39.4. The summed E-state index contributed by atoms with van der Waals surface area (Å²) < 4.78 is 23.8. The summed E-state index contributed by atoms with van der Waals surface area (Å²) >= 11 is 0. The molecule has 526 valence electrons. The highest BCUT2D eigenvalue weighted by atomic mass is 31.2. The number of unbranched alkanes of at least 4 members (excludes halogenated alkanes) is 31. The van der Waals surface area contributed by atoms with E-state index in [-0.39, 0.29) is 19.1 Å². The number of carbonyl (C=O) groups excluding carboxylic acids is 1. The molecule has 0 aliphatic rings. The number of amides is 1. The minimum Gasteiger partial charge on any atom is -0.387 e. The Morgan fingerprint density at radius 2 is 0.663 bits per heavy atom. The van der Waals surface area contributed by atoms with Gasteiger partial charge in [-0.2, -0.15) is 0 Å². The van der Waals surface area contributed by atoms with Crippen LogP contribution < -0.4 is 5.32 Å². The quantitative estimate of drug-likeness (QED) is 0.0243. The molecule has 0 rings (SSSR count). The van der Waals surface area contributed by atoms with Crippen LogP contribution in [0, 0.1) is 0 Å². The fourth-order valence-corrected chi connectivity index (χ4v) is 11.2. The maximum Gasteiger partial charge on any atom is 0.472 e. The molecule has 0 aromatic carbocycles. The van der Waals surface area contributed by atoms with Gasteiger partial charge in [-0.15, -0.1) is 0 Å². The molecule has 0 heterocycles. The molecule has 0 fully saturated rings. The zero-order valence-corrected chi connectivity index (χ0v) is 61.1. The van der Waals surface area contributed by atoms with Crippen LogP contribution in [0.5, 0.6) is 0 Å². The summed E-state index contributed by atoms with van der Waals surface area (Å²) in [5.41, 5.74) is 0. The second kappa shape index (κ2) is 71.4. The monoisotopic (exact) mass is 1300 g/mol. The van der Waals surface area contributed by atoms with E-state index in [1.54, 1.807) is 6.08 Å². The van der Waals surface area contributed by atoms with E-state index in [0.29, 0.717) is 17.4 Å². The molecule has 0 saturated carbocycles. The SMILES string of the molecule is CC/C=C\C/C=C\C/C=C\C/C=C\C/C=C\C/C=C\C/C=C\C/C=C\C/C=C\C/C=C\C/C=C\CCCCCCCCCC(=O)NC(COP(=O)(O)OCC[N+](C)(C)C)C(O)/C=C/CC/C=C/CCCCCCCCCCCCCCCCCCCCCCCCC. The van der Waals surface area contributed by atoms with E-state index in [9.17, 15) is 19.4 Å². The van der Waals surface area contributed by atoms with Crippen molar-refractivity contribution in [2.75, 3.05) is 40.9 Å². The van der Waals surface area contributed by atoms with Crippen LogP contribution in [-0.2, 0) is 18.4 Å². The number of quaternary nitrogens is 1. The Kier molecular flexibility index (Phi) is 68.4. The summed E-state index contributed by atoms with van der Waals surface area (Å²) in [4.78, 5) is 23.5. The van der Waals surface area contributed by atoms with E-state index >= 15 is 0 Å². The Hall–Kier alpha value is -3.88. The lowest BCUT2D eigenvalue weighted by atomic mass is 10.0. The first-order chi connectivity index (χ1) is 45.0. The third-order valence-electron chi connectivity index (χ3n) is 16.2. The Morgan fingerprint density at radius 1 is 0.380 bits per heavy atom. The Labute approximate surface area is 569 Å². The van der Waals surface area contributed by atoms with E-state index in [2.05, 4.69) is 165 Å². The van der Waals surface area contributed by atoms with Crippen LogP contribution in [-0.4, -0.2) is 73.4 Å². The molecule has 0 bridgehead atoms. The number of nitrogens with zero attached hydrogens (tertiary/aromatic N) is 1. The van der Waals surface area contributed by atoms with Crippen molar-refractivity contribution in [2.24, 2.45) is 0 Å². The topological polar surface area (TPSA) is 105 Å². The van der Waals surface area contributed by atoms with Crippen molar-refractivity contribution >= 4 is 13.7 Å². The number of rotatable bonds is 68. The number of hydrogen-bond donors (Lipinski definition) is 3. The standard InChI is InChI=1S/C83H143N2O6P/c1-6-8-10-12-14-16-18-20-22-24-26-28-30-32-34-36-37-38-39-40-41-42-43-44-45-46-47-49-51-53-55-57-59-61-63-65-67-69-71-73-75-77-83(87)84-81(80-91-92(88,89)90-79-78-85(3,4)5)82(86)76-74-72-70-68-66-64-62-60-58-56-54-52-50-48-35-33-31-29-27-25-23-21-19-17-15-13-11-9-7-2/h8,10,14,16,20,22,26,28,32,34,37-38,40-41,43-44,46-47,51,53,57,59,66,68,74,76,81-82,86H,6-7,9,11-13,15,17-19,21,23-25,27,29-31,33,35-36,39,42,45,48-50,52,54-56,58,60-65,67,69-73,75,77-80H2,1-5H3,(H-,84,87,88,89)/p+1/b10-8-,16-14-,22-20-,28-26-,34-32-,38-37-,41-40-,44-43-,47-46-,53-51-,59-57-,68-66+,76-74+. The lowest BCUT2D eigenvalue weighted by Gasteiger charge is -2.25. The predicted molar refractivity (Wildman–Crippen MR) is 405 cm³/mol. The molecule has 1 amide bonds. The molecule has 0 aromatic rings. The van der Waals surface area contributed by atoms with Crippen LogP contribution in [0.2, 0.25) is 0 Å². The number of aliphatic hydroxyl groups excluding tert-OH is 1. The number of carbonyl (C=O) groups is 1. The van der Waals surface area contributed by atoms with Crippen molar-refractivity contribution in [2.45, 2.75) is 321 Å². The predicted octanol–water partition coefficient (Wildman–Crippen LogP) is 24.9. The first-order valence-electron chi connectivity index (χ1n) is 37.9. The summed E-state index contributed by atoms with van der Waals surface area (Å²) in [5, 5.41) is 14.0. The summed E-state index contributed by atoms with van der Waals surface area (Å²) in [7, 11) is 1.53. The number of nitrogens with one attached hydrogen (secondary N) is 1. The van der Waals surface area contributed by atoms with Crippen molar-refractivity contribution < 1.29 is 32.9 Å². The molecule has 0 aromatic heterocycles. The number of allylic oxidation sites excluding steroid dienone is 25. The molecule has 9 heteroatoms. The van der Waals surface area contributed by atoms with Crippen LogP contribution in [0.4, 0.5) is 0 Å². The van der Waals surface area contributed by atoms with Crippen molar-refractivity contribution in [3.05, 3.63) is 158 Å². The molecule has 0 spiro atoms. The van der Waals surface area contributed by atoms with Crippen LogP contribution >= 0.6 is 7.82 Å². The van der Waals surface area contributed by atoms with Gasteiger partial charge in [-0.05, 0) is 116 Å². The lowest BCUT2D eigenvalue weighted by molar-refractivity contribution is -0.870. The first kappa shape index (κ1) is 88.1. The van der Waals surface area contributed by atoms with Crippen molar-refractivity contribution in [3.8, 4) is 0 Å². The molecule has 3 unspecified atom stereocenters. The minimum atomic E-state index is -4.38. The smallest absolute Gasteiger partial charge is 0.387 e. The number of phosphoric acid groups is 1. The van der Waals surface area contributed by atoms with Gasteiger partial charge in [0, 0.05) is 6.42 Å². The highest BCUT2D eigenvalue weighted by Crippen LogP contribution is 2.43. The maximum atomic E-state index is 13.1. The molecule has 3 N–H and O–H groups in total. The van der Waals surface area contributed by atoms with Crippen molar-refractivity contribution in [1.82, 2.24) is 5.32 Å². The molecule has 8 nitrogen and oxygen atoms in total. The summed E-state index contributed by atoms with van der Waals surface area (Å²) in [6, 6.07) is -0.883. The van der Waals surface area contributed by atoms with Gasteiger partial charge in [0.15, 0.2) is 0 Å². The molecule has 0 saturated heterocycles. The molecule has 3 atom stereocenters. The Bertz CT molecular complexity index is 2060. The molecule has 0 aliphatic carbocycles. The summed E-state index contributed by atoms with van der Waals surface area (Å²) in [6.07, 6.45) is 111. The fraction of sp³-hybridized carbons (Fsp3) is 0.675. The van der Waals surface area contributed by atoms with Gasteiger partial charge in [0.05, 0.1) is 39.9 Å². The average Bonchev–Trinajstić information content (AvgIpc) is 2.63. The fourth-order valence-electron chi connectivity index (χ4n) is 10.4. The summed E-state index contributed by atoms with van der Waals surface area (Å²) in [6.45, 7) is 4.69. The Morgan fingerprint density at radius 3 is 1.00 bits per heavy atom. The average molecular weight is 1300 g/mol. The van der Waals surface area contributed by atoms with Crippen LogP contribution in [0.15, 0.2) is 158 Å². The molecular formula is C83H144N2O6P+. The normalized spacial score (nSPS) is 14.5. The number of likely N-dealkylation sites (N-methyl/N-ethyl adjacent to an activating group) is 1. The Balaban J connectivity index is 4.16. The van der Waals surface area contributed by atoms with Gasteiger partial charge in [0.1, 0.15) is 13.2 Å². The van der Waals surface area contributed by atoms with Gasteiger partial charge in [0.25, 0.3) is 0 Å². The van der Waals surface area contributed by atoms with Gasteiger partial charge in [-0.1, -0.05) is 345 Å². The number of phosphoric ester groups is 1. The molecule has 92 heavy (non-hydrogen) atoms. The second-order valence-corrected chi connectivity index (χ2v) is 27.7. The van der Waals surface area contributed by atoms with Gasteiger partial charge in [-0.25, -0.2) is 4.57 Å². The van der Waals surface area contributed by atoms with E-state index in [4.69, 9.17) is 9.05 Å². The van der Waals surface area contributed by atoms with Crippen LogP contribution in [0.1, 0.15) is 309 Å². The van der Waals surface area contributed by atoms with Gasteiger partial charge in [-0.3, -0.25) is 13.8 Å². The van der Waals surface area contributed by atoms with E-state index in [0.717, 1.165) is 122 Å². The molecule has 0 aliphatic heterocycles. The van der Waals surface area contributed by atoms with Crippen LogP contribution in [0.3, 0.4) is 0 Å². The van der Waals surface area contributed by atoms with Crippen molar-refractivity contribution in [3.63, 3.8) is 0 Å². The lowest BCUT2D eigenvalue weighted by Crippen LogP contribution is -2.45. The highest BCUT2D eigenvalue weighted by molar-refractivity contribution is 7.47. The van der Waals surface area contributed by atoms with E-state index < -0.39 is 20.0 Å².